The van der Waals surface area contributed by atoms with Crippen molar-refractivity contribution in [2.45, 2.75) is 48.4 Å². The Morgan fingerprint density at radius 1 is 0.867 bits per heavy atom. The molecule has 0 fully saturated rings. The van der Waals surface area contributed by atoms with Gasteiger partial charge < -0.3 is 19.8 Å². The number of unbranched alkanes of at least 4 members (excludes halogenated alkanes) is 3. The standard InChI is InChI=1S/C8H14O4.2CH3.Sn/c9-7(10)5-3-1-2-4-6-8(11)12;;;/h1-6H2,(H,9,10)(H,11,12);2*1H3;/q;;;+2/p-2. The second-order valence-electron chi connectivity index (χ2n) is 3.16. The van der Waals surface area contributed by atoms with E-state index in [-0.39, 0.29) is 34.0 Å². The van der Waals surface area contributed by atoms with Crippen molar-refractivity contribution in [3.8, 4) is 0 Å². The van der Waals surface area contributed by atoms with E-state index in [1.807, 2.05) is 0 Å². The Bertz CT molecular complexity index is 153. The normalized spacial score (nSPS) is 8.40. The van der Waals surface area contributed by atoms with Crippen molar-refractivity contribution in [2.24, 2.45) is 0 Å². The summed E-state index contributed by atoms with van der Waals surface area (Å²) in [7, 11) is 0. The van der Waals surface area contributed by atoms with E-state index >= 15 is 0 Å². The predicted molar refractivity (Wildman–Crippen MR) is 55.2 cm³/mol. The van der Waals surface area contributed by atoms with Gasteiger partial charge in [0.15, 0.2) is 0 Å². The second kappa shape index (κ2) is 13.7. The number of carboxylic acid groups (broad SMARTS) is 2. The van der Waals surface area contributed by atoms with Gasteiger partial charge in [0.1, 0.15) is 0 Å². The molecule has 0 bridgehead atoms. The molecule has 0 aromatic rings. The number of carboxylic acids is 2. The number of aliphatic carboxylic acids is 2. The van der Waals surface area contributed by atoms with Crippen LogP contribution in [0.1, 0.15) is 38.5 Å². The van der Waals surface area contributed by atoms with Crippen LogP contribution in [0.15, 0.2) is 0 Å². The topological polar surface area (TPSA) is 80.3 Å². The molecule has 0 aromatic heterocycles. The summed E-state index contributed by atoms with van der Waals surface area (Å²) in [6.07, 6.45) is 2.73. The molecule has 5 heteroatoms. The van der Waals surface area contributed by atoms with Gasteiger partial charge in [-0.25, -0.2) is 0 Å². The van der Waals surface area contributed by atoms with Crippen LogP contribution in [-0.4, -0.2) is 33.1 Å². The number of hydrogen-bond donors (Lipinski definition) is 0. The van der Waals surface area contributed by atoms with E-state index in [1.165, 1.54) is 0 Å². The van der Waals surface area contributed by atoms with Gasteiger partial charge in [-0.1, -0.05) is 12.8 Å². The van der Waals surface area contributed by atoms with Crippen molar-refractivity contribution in [2.75, 3.05) is 0 Å². The minimum atomic E-state index is -1.05. The van der Waals surface area contributed by atoms with Gasteiger partial charge in [-0.2, -0.15) is 0 Å². The van der Waals surface area contributed by atoms with Crippen LogP contribution in [-0.2, 0) is 9.59 Å². The van der Waals surface area contributed by atoms with Gasteiger partial charge in [0.25, 0.3) is 0 Å². The molecule has 0 unspecified atom stereocenters. The fourth-order valence-corrected chi connectivity index (χ4v) is 0.892. The van der Waals surface area contributed by atoms with Crippen molar-refractivity contribution in [1.29, 1.82) is 0 Å². The number of carbonyl (C=O) groups excluding carboxylic acids is 2. The molecule has 0 amide bonds. The van der Waals surface area contributed by atoms with Gasteiger partial charge in [0.2, 0.25) is 0 Å². The van der Waals surface area contributed by atoms with Gasteiger partial charge in [-0.15, -0.1) is 0 Å². The van der Waals surface area contributed by atoms with Crippen LogP contribution in [0.5, 0.6) is 0 Å². The summed E-state index contributed by atoms with van der Waals surface area (Å²) in [6.45, 7) is 0. The Kier molecular flexibility index (Phi) is 15.7. The summed E-state index contributed by atoms with van der Waals surface area (Å²) in [5.74, 6) is -2.09. The fourth-order valence-electron chi connectivity index (χ4n) is 0.892. The zero-order valence-corrected chi connectivity index (χ0v) is 12.2. The van der Waals surface area contributed by atoms with Crippen LogP contribution >= 0.6 is 0 Å². The van der Waals surface area contributed by atoms with E-state index in [0.29, 0.717) is 12.8 Å². The zero-order valence-electron chi connectivity index (χ0n) is 9.38. The average molecular weight is 321 g/mol. The molecule has 0 atom stereocenters. The Morgan fingerprint density at radius 3 is 1.33 bits per heavy atom. The molecule has 15 heavy (non-hydrogen) atoms. The van der Waals surface area contributed by atoms with E-state index in [9.17, 15) is 19.8 Å². The molecular formula is C10H18O4Sn. The van der Waals surface area contributed by atoms with Gasteiger partial charge in [0, 0.05) is 11.9 Å². The van der Waals surface area contributed by atoms with Crippen molar-refractivity contribution >= 4 is 33.1 Å². The van der Waals surface area contributed by atoms with Crippen LogP contribution in [0.25, 0.3) is 0 Å². The van der Waals surface area contributed by atoms with E-state index < -0.39 is 11.9 Å². The summed E-state index contributed by atoms with van der Waals surface area (Å²) in [6, 6.07) is 0. The van der Waals surface area contributed by atoms with Crippen molar-refractivity contribution in [3.63, 3.8) is 0 Å². The third-order valence-corrected chi connectivity index (χ3v) is 1.51. The Balaban J connectivity index is 0. The number of hydrogen-bond acceptors (Lipinski definition) is 4. The Labute approximate surface area is 101 Å². The van der Waals surface area contributed by atoms with Crippen LogP contribution in [0, 0.1) is 0 Å². The summed E-state index contributed by atoms with van der Waals surface area (Å²) in [5.41, 5.74) is 0. The Hall–Kier alpha value is -0.261. The maximum absolute atomic E-state index is 9.92. The first-order chi connectivity index (χ1) is 7.04. The molecular weight excluding hydrogens is 303 g/mol. The SMILES string of the molecule is O=C([O-])CCCCCCC(=O)[O-].[CH3][Sn+2][CH3]. The van der Waals surface area contributed by atoms with Gasteiger partial charge in [0.05, 0.1) is 0 Å². The third-order valence-electron chi connectivity index (χ3n) is 1.51. The molecule has 0 aliphatic carbocycles. The molecule has 0 radical (unpaired) electrons. The first kappa shape index (κ1) is 17.1. The monoisotopic (exact) mass is 322 g/mol. The summed E-state index contributed by atoms with van der Waals surface area (Å²) in [4.78, 5) is 24.4. The van der Waals surface area contributed by atoms with Gasteiger partial charge >= 0.3 is 31.0 Å². The quantitative estimate of drug-likeness (QED) is 0.473. The molecule has 86 valence electrons. The third kappa shape index (κ3) is 24.8. The molecule has 0 saturated carbocycles. The first-order valence-electron chi connectivity index (χ1n) is 5.02. The number of carbonyl (C=O) groups is 2. The van der Waals surface area contributed by atoms with E-state index in [1.54, 1.807) is 0 Å². The molecule has 0 N–H and O–H groups in total. The van der Waals surface area contributed by atoms with E-state index in [4.69, 9.17) is 0 Å². The summed E-state index contributed by atoms with van der Waals surface area (Å²) in [5, 5.41) is 19.8. The minimum absolute atomic E-state index is 0.0608. The molecule has 0 saturated heterocycles. The van der Waals surface area contributed by atoms with Crippen LogP contribution < -0.4 is 10.2 Å². The maximum atomic E-state index is 9.92. The molecule has 0 aliphatic rings. The fraction of sp³-hybridized carbons (Fsp3) is 0.800. The van der Waals surface area contributed by atoms with Crippen molar-refractivity contribution in [3.05, 3.63) is 0 Å². The van der Waals surface area contributed by atoms with Gasteiger partial charge in [-0.05, 0) is 25.7 Å². The molecule has 0 spiro atoms. The predicted octanol–water partition coefficient (Wildman–Crippen LogP) is -0.386. The molecule has 0 aliphatic heterocycles. The molecule has 0 aromatic carbocycles. The zero-order chi connectivity index (χ0) is 12.1. The van der Waals surface area contributed by atoms with Crippen LogP contribution in [0.4, 0.5) is 0 Å². The van der Waals surface area contributed by atoms with Crippen LogP contribution in [0.2, 0.25) is 9.88 Å². The van der Waals surface area contributed by atoms with Crippen LogP contribution in [0.3, 0.4) is 0 Å². The Morgan fingerprint density at radius 2 is 1.13 bits per heavy atom. The van der Waals surface area contributed by atoms with Gasteiger partial charge in [-0.3, -0.25) is 0 Å². The average Bonchev–Trinajstić information content (AvgIpc) is 2.11. The summed E-state index contributed by atoms with van der Waals surface area (Å²) < 4.78 is 0. The second-order valence-corrected chi connectivity index (χ2v) is 6.01. The molecule has 0 heterocycles. The van der Waals surface area contributed by atoms with Crippen molar-refractivity contribution < 1.29 is 19.8 Å². The first-order valence-corrected chi connectivity index (χ1v) is 10.7. The number of rotatable bonds is 7. The van der Waals surface area contributed by atoms with E-state index in [0.717, 1.165) is 12.8 Å². The molecule has 0 rings (SSSR count). The molecule has 4 nitrogen and oxygen atoms in total. The van der Waals surface area contributed by atoms with E-state index in [2.05, 4.69) is 9.88 Å². The summed E-state index contributed by atoms with van der Waals surface area (Å²) >= 11 is 0.230. The van der Waals surface area contributed by atoms with Crippen molar-refractivity contribution in [1.82, 2.24) is 0 Å².